The first kappa shape index (κ1) is 53.9. The van der Waals surface area contributed by atoms with Crippen molar-refractivity contribution in [2.24, 2.45) is 0 Å². The molecular formula is C52H54Br2O18. The van der Waals surface area contributed by atoms with Crippen LogP contribution in [0.1, 0.15) is 92.8 Å². The van der Waals surface area contributed by atoms with E-state index in [-0.39, 0.29) is 61.0 Å². The van der Waals surface area contributed by atoms with Crippen LogP contribution in [0, 0.1) is 0 Å². The number of hydrogen-bond acceptors (Lipinski definition) is 18. The SMILES string of the molecule is O=C(CCCCCBr)Oc1ccc(C(=O)O[C@H]2CO[C@H]3[C@@H]2OC[C@H]3OC(=O)c2ccc(OC(=O)CCCCCBr)cc2)cc1.O=C(O[C@H]1CO[C@H]2[C@@H]1OC[C@H]2OC(=O)c1ccc(O)cc1)c1ccc(O)cc1. The predicted octanol–water partition coefficient (Wildman–Crippen LogP) is 7.60. The number of aromatic hydroxyl groups is 2. The van der Waals surface area contributed by atoms with Crippen LogP contribution in [-0.2, 0) is 47.5 Å². The molecule has 0 saturated carbocycles. The minimum atomic E-state index is -0.679. The number of ether oxygens (including phenoxy) is 10. The third-order valence-electron chi connectivity index (χ3n) is 11.8. The van der Waals surface area contributed by atoms with Crippen molar-refractivity contribution in [2.75, 3.05) is 37.1 Å². The van der Waals surface area contributed by atoms with Gasteiger partial charge in [-0.1, -0.05) is 44.7 Å². The monoisotopic (exact) mass is 1120 g/mol. The molecule has 72 heavy (non-hydrogen) atoms. The minimum Gasteiger partial charge on any atom is -0.508 e. The van der Waals surface area contributed by atoms with Crippen LogP contribution in [0.4, 0.5) is 0 Å². The lowest BCUT2D eigenvalue weighted by molar-refractivity contribution is -0.135. The van der Waals surface area contributed by atoms with Crippen molar-refractivity contribution in [3.63, 3.8) is 0 Å². The van der Waals surface area contributed by atoms with E-state index in [0.717, 1.165) is 49.2 Å². The molecule has 4 aliphatic rings. The molecular weight excluding hydrogens is 1070 g/mol. The average Bonchev–Trinajstić information content (AvgIpc) is 4.18. The van der Waals surface area contributed by atoms with Crippen LogP contribution < -0.4 is 9.47 Å². The zero-order valence-electron chi connectivity index (χ0n) is 38.9. The van der Waals surface area contributed by atoms with Gasteiger partial charge in [0.2, 0.25) is 0 Å². The van der Waals surface area contributed by atoms with Crippen LogP contribution in [0.2, 0.25) is 0 Å². The quantitative estimate of drug-likeness (QED) is 0.0285. The summed E-state index contributed by atoms with van der Waals surface area (Å²) in [7, 11) is 0. The Morgan fingerprint density at radius 1 is 0.403 bits per heavy atom. The van der Waals surface area contributed by atoms with Crippen LogP contribution in [0.3, 0.4) is 0 Å². The summed E-state index contributed by atoms with van der Waals surface area (Å²) in [6.45, 7) is 0.449. The standard InChI is InChI=1S/C32H36Br2O10.C20H18O8/c33-17-5-1-3-7-27(35)41-23-13-9-21(10-14-23)31(37)43-25-19-39-30-26(20-40-29(25)30)44-32(38)22-11-15-24(16-12-22)42-28(36)8-4-2-6-18-34;21-13-5-1-11(2-6-13)19(23)27-15-9-25-18-16(10-26-17(15)18)28-20(24)12-3-7-14(22)8-4-12/h9-16,25-26,29-30H,1-8,17-20H2;1-8,15-18,21-22H,9-10H2/t25-,26+,29-,30-;15-,16+,17-,18-/m11/s1. The number of carbonyl (C=O) groups is 6. The van der Waals surface area contributed by atoms with Gasteiger partial charge in [0.25, 0.3) is 0 Å². The molecule has 0 aliphatic carbocycles. The van der Waals surface area contributed by atoms with E-state index in [2.05, 4.69) is 31.9 Å². The van der Waals surface area contributed by atoms with Crippen LogP contribution in [0.15, 0.2) is 97.1 Å². The molecule has 4 aliphatic heterocycles. The van der Waals surface area contributed by atoms with Gasteiger partial charge in [0, 0.05) is 23.5 Å². The third-order valence-corrected chi connectivity index (χ3v) is 13.0. The molecule has 4 aromatic carbocycles. The Kier molecular flexibility index (Phi) is 20.0. The number of unbranched alkanes of at least 4 members (excludes halogenated alkanes) is 4. The van der Waals surface area contributed by atoms with Crippen molar-refractivity contribution in [1.82, 2.24) is 0 Å². The van der Waals surface area contributed by atoms with Crippen molar-refractivity contribution in [2.45, 2.75) is 100 Å². The Labute approximate surface area is 431 Å². The van der Waals surface area contributed by atoms with Crippen LogP contribution in [0.25, 0.3) is 0 Å². The third kappa shape index (κ3) is 15.1. The average molecular weight is 1130 g/mol. The van der Waals surface area contributed by atoms with Gasteiger partial charge >= 0.3 is 35.8 Å². The number of rotatable bonds is 20. The Morgan fingerprint density at radius 3 is 0.931 bits per heavy atom. The van der Waals surface area contributed by atoms with Crippen molar-refractivity contribution >= 4 is 67.7 Å². The number of halogens is 2. The number of esters is 6. The maximum atomic E-state index is 12.8. The maximum Gasteiger partial charge on any atom is 0.338 e. The number of carbonyl (C=O) groups excluding carboxylic acids is 6. The van der Waals surface area contributed by atoms with Gasteiger partial charge < -0.3 is 57.6 Å². The zero-order valence-corrected chi connectivity index (χ0v) is 42.1. The highest BCUT2D eigenvalue weighted by Crippen LogP contribution is 2.33. The van der Waals surface area contributed by atoms with E-state index in [0.29, 0.717) is 35.5 Å². The molecule has 8 rings (SSSR count). The summed E-state index contributed by atoms with van der Waals surface area (Å²) in [5.41, 5.74) is 1.18. The molecule has 0 radical (unpaired) electrons. The minimum absolute atomic E-state index is 0.0539. The molecule has 0 spiro atoms. The zero-order chi connectivity index (χ0) is 51.0. The van der Waals surface area contributed by atoms with E-state index in [4.69, 9.17) is 47.4 Å². The molecule has 18 nitrogen and oxygen atoms in total. The molecule has 0 bridgehead atoms. The summed E-state index contributed by atoms with van der Waals surface area (Å²) in [4.78, 5) is 74.1. The fourth-order valence-corrected chi connectivity index (χ4v) is 8.84. The summed E-state index contributed by atoms with van der Waals surface area (Å²) < 4.78 is 55.8. The number of fused-ring (bicyclic) bond motifs is 2. The molecule has 384 valence electrons. The van der Waals surface area contributed by atoms with Crippen molar-refractivity contribution < 1.29 is 86.3 Å². The second-order valence-corrected chi connectivity index (χ2v) is 18.6. The van der Waals surface area contributed by atoms with Gasteiger partial charge in [-0.15, -0.1) is 0 Å². The van der Waals surface area contributed by atoms with E-state index < -0.39 is 72.7 Å². The highest BCUT2D eigenvalue weighted by molar-refractivity contribution is 9.09. The lowest BCUT2D eigenvalue weighted by Crippen LogP contribution is -2.36. The lowest BCUT2D eigenvalue weighted by atomic mass is 10.1. The Morgan fingerprint density at radius 2 is 0.667 bits per heavy atom. The number of hydrogen-bond donors (Lipinski definition) is 2. The normalized spacial score (nSPS) is 22.6. The highest BCUT2D eigenvalue weighted by Gasteiger charge is 2.52. The van der Waals surface area contributed by atoms with Crippen LogP contribution in [0.5, 0.6) is 23.0 Å². The number of phenols is 2. The molecule has 4 saturated heterocycles. The first-order chi connectivity index (χ1) is 34.9. The maximum absolute atomic E-state index is 12.8. The highest BCUT2D eigenvalue weighted by atomic mass is 79.9. The first-order valence-electron chi connectivity index (χ1n) is 23.5. The van der Waals surface area contributed by atoms with E-state index in [1.54, 1.807) is 24.3 Å². The summed E-state index contributed by atoms with van der Waals surface area (Å²) in [6.07, 6.45) is 1.24. The topological polar surface area (TPSA) is 235 Å². The molecule has 20 heteroatoms. The molecule has 0 unspecified atom stereocenters. The van der Waals surface area contributed by atoms with E-state index in [9.17, 15) is 39.0 Å². The molecule has 0 aromatic heterocycles. The molecule has 0 amide bonds. The molecule has 2 N–H and O–H groups in total. The molecule has 8 atom stereocenters. The fraction of sp³-hybridized carbons (Fsp3) is 0.423. The Balaban J connectivity index is 0.000000232. The van der Waals surface area contributed by atoms with Gasteiger partial charge in [-0.25, -0.2) is 19.2 Å². The second-order valence-electron chi connectivity index (χ2n) is 17.1. The van der Waals surface area contributed by atoms with Gasteiger partial charge in [0.1, 0.15) is 47.4 Å². The van der Waals surface area contributed by atoms with E-state index >= 15 is 0 Å². The van der Waals surface area contributed by atoms with E-state index in [1.807, 2.05) is 0 Å². The first-order valence-corrected chi connectivity index (χ1v) is 25.7. The second kappa shape index (κ2) is 26.7. The number of phenolic OH excluding ortho intramolecular Hbond substituents is 2. The van der Waals surface area contributed by atoms with Gasteiger partial charge in [0.15, 0.2) is 24.4 Å². The Bertz CT molecular complexity index is 2280. The van der Waals surface area contributed by atoms with Crippen LogP contribution in [-0.4, -0.2) is 132 Å². The van der Waals surface area contributed by atoms with E-state index in [1.165, 1.54) is 72.8 Å². The summed E-state index contributed by atoms with van der Waals surface area (Å²) in [5, 5.41) is 20.4. The van der Waals surface area contributed by atoms with Gasteiger partial charge in [-0.05, 0) is 123 Å². The Hall–Kier alpha value is -5.90. The van der Waals surface area contributed by atoms with Crippen molar-refractivity contribution in [3.8, 4) is 23.0 Å². The smallest absolute Gasteiger partial charge is 0.338 e. The molecule has 4 fully saturated rings. The lowest BCUT2D eigenvalue weighted by Gasteiger charge is -2.17. The molecule has 4 heterocycles. The van der Waals surface area contributed by atoms with Crippen LogP contribution >= 0.6 is 31.9 Å². The summed E-state index contributed by atoms with van der Waals surface area (Å²) in [5.74, 6) is -2.07. The largest absolute Gasteiger partial charge is 0.508 e. The number of benzene rings is 4. The number of alkyl halides is 2. The summed E-state index contributed by atoms with van der Waals surface area (Å²) >= 11 is 6.73. The van der Waals surface area contributed by atoms with Crippen molar-refractivity contribution in [1.29, 1.82) is 0 Å². The van der Waals surface area contributed by atoms with Gasteiger partial charge in [0.05, 0.1) is 48.7 Å². The van der Waals surface area contributed by atoms with Gasteiger partial charge in [-0.3, -0.25) is 9.59 Å². The fourth-order valence-electron chi connectivity index (χ4n) is 8.04. The predicted molar refractivity (Wildman–Crippen MR) is 261 cm³/mol. The summed E-state index contributed by atoms with van der Waals surface area (Å²) in [6, 6.07) is 23.7. The van der Waals surface area contributed by atoms with Crippen molar-refractivity contribution in [3.05, 3.63) is 119 Å². The van der Waals surface area contributed by atoms with Gasteiger partial charge in [-0.2, -0.15) is 0 Å². The molecule has 4 aromatic rings.